The summed E-state index contributed by atoms with van der Waals surface area (Å²) >= 11 is 0. The van der Waals surface area contributed by atoms with Crippen molar-refractivity contribution in [2.24, 2.45) is 0 Å². The van der Waals surface area contributed by atoms with E-state index in [4.69, 9.17) is 4.74 Å². The van der Waals surface area contributed by atoms with Gasteiger partial charge in [-0.2, -0.15) is 0 Å². The third kappa shape index (κ3) is 3.90. The van der Waals surface area contributed by atoms with Gasteiger partial charge in [0.05, 0.1) is 19.2 Å². The van der Waals surface area contributed by atoms with E-state index in [9.17, 15) is 18.4 Å². The minimum atomic E-state index is -0.613. The summed E-state index contributed by atoms with van der Waals surface area (Å²) in [5, 5.41) is 2.93. The van der Waals surface area contributed by atoms with E-state index in [0.29, 0.717) is 17.0 Å². The van der Waals surface area contributed by atoms with Crippen LogP contribution in [0.15, 0.2) is 78.5 Å². The van der Waals surface area contributed by atoms with Gasteiger partial charge in [0.2, 0.25) is 0 Å². The van der Waals surface area contributed by atoms with E-state index in [0.717, 1.165) is 4.90 Å². The Balaban J connectivity index is 1.79. The number of rotatable bonds is 6. The fourth-order valence-electron chi connectivity index (χ4n) is 3.41. The van der Waals surface area contributed by atoms with Crippen LogP contribution in [0.25, 0.3) is 5.57 Å². The second-order valence-electron chi connectivity index (χ2n) is 6.87. The van der Waals surface area contributed by atoms with Crippen LogP contribution in [0.3, 0.4) is 0 Å². The van der Waals surface area contributed by atoms with Gasteiger partial charge in [-0.1, -0.05) is 36.4 Å². The Kier molecular flexibility index (Phi) is 5.49. The maximum Gasteiger partial charge on any atom is 0.278 e. The molecule has 2 amide bonds. The smallest absolute Gasteiger partial charge is 0.278 e. The minimum absolute atomic E-state index is 0.0115. The number of nitrogens with zero attached hydrogens (tertiary/aromatic N) is 1. The Morgan fingerprint density at radius 2 is 1.55 bits per heavy atom. The lowest BCUT2D eigenvalue weighted by molar-refractivity contribution is -0.137. The SMILES string of the molecule is COc1ccccc1C1=C(Nc2ccc(F)cc2)C(=O)N(Cc2ccccc2F)C1=O. The van der Waals surface area contributed by atoms with Gasteiger partial charge in [-0.25, -0.2) is 8.78 Å². The highest BCUT2D eigenvalue weighted by Crippen LogP contribution is 2.36. The number of halogens is 2. The van der Waals surface area contributed by atoms with E-state index in [2.05, 4.69) is 5.32 Å². The predicted octanol–water partition coefficient (Wildman–Crippen LogP) is 4.37. The Labute approximate surface area is 177 Å². The quantitative estimate of drug-likeness (QED) is 0.602. The maximum atomic E-state index is 14.2. The van der Waals surface area contributed by atoms with Gasteiger partial charge in [-0.05, 0) is 36.4 Å². The van der Waals surface area contributed by atoms with E-state index in [1.165, 1.54) is 49.6 Å². The van der Waals surface area contributed by atoms with Gasteiger partial charge < -0.3 is 10.1 Å². The molecule has 0 spiro atoms. The molecule has 0 atom stereocenters. The molecule has 0 aromatic heterocycles. The van der Waals surface area contributed by atoms with Gasteiger partial charge in [-0.3, -0.25) is 14.5 Å². The number of methoxy groups -OCH3 is 1. The molecule has 4 rings (SSSR count). The van der Waals surface area contributed by atoms with E-state index in [1.807, 2.05) is 0 Å². The molecule has 31 heavy (non-hydrogen) atoms. The van der Waals surface area contributed by atoms with Gasteiger partial charge in [0.1, 0.15) is 23.1 Å². The summed E-state index contributed by atoms with van der Waals surface area (Å²) in [5.41, 5.74) is 1.17. The second kappa shape index (κ2) is 8.39. The zero-order valence-electron chi connectivity index (χ0n) is 16.6. The molecule has 3 aromatic rings. The highest BCUT2D eigenvalue weighted by atomic mass is 19.1. The van der Waals surface area contributed by atoms with Gasteiger partial charge >= 0.3 is 0 Å². The third-order valence-electron chi connectivity index (χ3n) is 4.94. The number of amides is 2. The molecule has 5 nitrogen and oxygen atoms in total. The standard InChI is InChI=1S/C24H18F2N2O3/c1-31-20-9-5-3-7-18(20)21-22(27-17-12-10-16(25)11-13-17)24(30)28(23(21)29)14-15-6-2-4-8-19(15)26/h2-13,27H,14H2,1H3. The first-order valence-corrected chi connectivity index (χ1v) is 9.49. The first-order valence-electron chi connectivity index (χ1n) is 9.49. The van der Waals surface area contributed by atoms with Crippen molar-refractivity contribution in [2.45, 2.75) is 6.54 Å². The number of anilines is 1. The van der Waals surface area contributed by atoms with Crippen LogP contribution < -0.4 is 10.1 Å². The molecule has 1 aliphatic rings. The number of benzene rings is 3. The molecule has 0 saturated carbocycles. The minimum Gasteiger partial charge on any atom is -0.496 e. The first-order chi connectivity index (χ1) is 15.0. The summed E-state index contributed by atoms with van der Waals surface area (Å²) in [5.74, 6) is -1.73. The zero-order valence-corrected chi connectivity index (χ0v) is 16.6. The van der Waals surface area contributed by atoms with Gasteiger partial charge in [-0.15, -0.1) is 0 Å². The number of carbonyl (C=O) groups is 2. The predicted molar refractivity (Wildman–Crippen MR) is 112 cm³/mol. The van der Waals surface area contributed by atoms with Gasteiger partial charge in [0, 0.05) is 16.8 Å². The Bertz CT molecular complexity index is 1190. The average molecular weight is 420 g/mol. The summed E-state index contributed by atoms with van der Waals surface area (Å²) in [4.78, 5) is 27.5. The molecule has 7 heteroatoms. The van der Waals surface area contributed by atoms with E-state index in [1.54, 1.807) is 30.3 Å². The summed E-state index contributed by atoms with van der Waals surface area (Å²) < 4.78 is 32.9. The molecule has 156 valence electrons. The lowest BCUT2D eigenvalue weighted by atomic mass is 10.0. The summed E-state index contributed by atoms with van der Waals surface area (Å²) in [6.07, 6.45) is 0. The first kappa shape index (κ1) is 20.3. The van der Waals surface area contributed by atoms with Crippen LogP contribution in [0.2, 0.25) is 0 Å². The lowest BCUT2D eigenvalue weighted by Gasteiger charge is -2.16. The van der Waals surface area contributed by atoms with Gasteiger partial charge in [0.25, 0.3) is 11.8 Å². The summed E-state index contributed by atoms with van der Waals surface area (Å²) in [6.45, 7) is -0.225. The number of nitrogens with one attached hydrogen (secondary N) is 1. The molecule has 0 radical (unpaired) electrons. The number of para-hydroxylation sites is 1. The van der Waals surface area contributed by atoms with Crippen LogP contribution in [-0.4, -0.2) is 23.8 Å². The molecule has 1 aliphatic heterocycles. The van der Waals surface area contributed by atoms with E-state index < -0.39 is 23.4 Å². The Morgan fingerprint density at radius 1 is 0.871 bits per heavy atom. The molecule has 0 bridgehead atoms. The monoisotopic (exact) mass is 420 g/mol. The van der Waals surface area contributed by atoms with Crippen molar-refractivity contribution in [3.63, 3.8) is 0 Å². The zero-order chi connectivity index (χ0) is 22.0. The number of hydrogen-bond donors (Lipinski definition) is 1. The molecular formula is C24H18F2N2O3. The number of ether oxygens (including phenoxy) is 1. The molecular weight excluding hydrogens is 402 g/mol. The fourth-order valence-corrected chi connectivity index (χ4v) is 3.41. The topological polar surface area (TPSA) is 58.6 Å². The molecule has 3 aromatic carbocycles. The second-order valence-corrected chi connectivity index (χ2v) is 6.87. The number of hydrogen-bond acceptors (Lipinski definition) is 4. The van der Waals surface area contributed by atoms with Crippen LogP contribution >= 0.6 is 0 Å². The molecule has 1 heterocycles. The Hall–Kier alpha value is -4.00. The fraction of sp³-hybridized carbons (Fsp3) is 0.0833. The largest absolute Gasteiger partial charge is 0.496 e. The molecule has 1 N–H and O–H groups in total. The van der Waals surface area contributed by atoms with Crippen molar-refractivity contribution in [3.05, 3.63) is 101 Å². The van der Waals surface area contributed by atoms with Crippen molar-refractivity contribution in [3.8, 4) is 5.75 Å². The third-order valence-corrected chi connectivity index (χ3v) is 4.94. The van der Waals surface area contributed by atoms with Crippen LogP contribution in [-0.2, 0) is 16.1 Å². The molecule has 0 fully saturated rings. The summed E-state index contributed by atoms with van der Waals surface area (Å²) in [6, 6.07) is 18.2. The van der Waals surface area contributed by atoms with Crippen LogP contribution in [0, 0.1) is 11.6 Å². The normalized spacial score (nSPS) is 13.7. The van der Waals surface area contributed by atoms with Crippen molar-refractivity contribution in [1.29, 1.82) is 0 Å². The van der Waals surface area contributed by atoms with Crippen molar-refractivity contribution in [1.82, 2.24) is 4.90 Å². The molecule has 0 aliphatic carbocycles. The van der Waals surface area contributed by atoms with Crippen molar-refractivity contribution in [2.75, 3.05) is 12.4 Å². The van der Waals surface area contributed by atoms with E-state index in [-0.39, 0.29) is 23.4 Å². The van der Waals surface area contributed by atoms with Crippen LogP contribution in [0.4, 0.5) is 14.5 Å². The van der Waals surface area contributed by atoms with Gasteiger partial charge in [0.15, 0.2) is 0 Å². The lowest BCUT2D eigenvalue weighted by Crippen LogP contribution is -2.32. The highest BCUT2D eigenvalue weighted by Gasteiger charge is 2.40. The van der Waals surface area contributed by atoms with Crippen LogP contribution in [0.1, 0.15) is 11.1 Å². The number of carbonyl (C=O) groups excluding carboxylic acids is 2. The van der Waals surface area contributed by atoms with Crippen molar-refractivity contribution < 1.29 is 23.1 Å². The maximum absolute atomic E-state index is 14.2. The van der Waals surface area contributed by atoms with Crippen LogP contribution in [0.5, 0.6) is 5.75 Å². The Morgan fingerprint density at radius 3 is 2.26 bits per heavy atom. The summed E-state index contributed by atoms with van der Waals surface area (Å²) in [7, 11) is 1.46. The van der Waals surface area contributed by atoms with E-state index >= 15 is 0 Å². The van der Waals surface area contributed by atoms with Crippen molar-refractivity contribution >= 4 is 23.1 Å². The average Bonchev–Trinajstić information content (AvgIpc) is 3.00. The number of imide groups is 1. The molecule has 0 saturated heterocycles. The highest BCUT2D eigenvalue weighted by molar-refractivity contribution is 6.36. The molecule has 0 unspecified atom stereocenters.